The van der Waals surface area contributed by atoms with E-state index in [1.54, 1.807) is 50.9 Å². The fraction of sp³-hybridized carbons (Fsp3) is 0. The molecule has 0 fully saturated rings. The quantitative estimate of drug-likeness (QED) is 0.521. The normalized spacial score (nSPS) is 10.7. The molecule has 4 aromatic rings. The summed E-state index contributed by atoms with van der Waals surface area (Å²) >= 11 is 0. The zero-order valence-corrected chi connectivity index (χ0v) is 13.8. The first-order valence-electron chi connectivity index (χ1n) is 7.91. The molecule has 0 spiro atoms. The van der Waals surface area contributed by atoms with Gasteiger partial charge < -0.3 is 0 Å². The maximum Gasteiger partial charge on any atom is 0.240 e. The predicted molar refractivity (Wildman–Crippen MR) is 96.6 cm³/mol. The van der Waals surface area contributed by atoms with Crippen LogP contribution in [0, 0.1) is 0 Å². The van der Waals surface area contributed by atoms with Crippen molar-refractivity contribution in [2.75, 3.05) is 0 Å². The van der Waals surface area contributed by atoms with Crippen LogP contribution in [0.5, 0.6) is 0 Å². The molecular weight excluding hydrogens is 348 g/mol. The highest BCUT2D eigenvalue weighted by Gasteiger charge is 2.10. The highest BCUT2D eigenvalue weighted by Crippen LogP contribution is 2.08. The Bertz CT molecular complexity index is 1070. The number of aromatic nitrogens is 6. The Kier molecular flexibility index (Phi) is 4.01. The SMILES string of the molecule is O=c1ccn(-c2nc(-n3ccc(=O)cc3)nc(-n3ccc(=O)cc3)n2)cc1. The summed E-state index contributed by atoms with van der Waals surface area (Å²) in [5.74, 6) is 0.812. The zero-order valence-electron chi connectivity index (χ0n) is 13.8. The van der Waals surface area contributed by atoms with Gasteiger partial charge in [-0.25, -0.2) is 0 Å². The van der Waals surface area contributed by atoms with E-state index in [4.69, 9.17) is 0 Å². The highest BCUT2D eigenvalue weighted by molar-refractivity contribution is 5.27. The largest absolute Gasteiger partial charge is 0.292 e. The fourth-order valence-corrected chi connectivity index (χ4v) is 2.33. The second-order valence-electron chi connectivity index (χ2n) is 5.56. The second kappa shape index (κ2) is 6.64. The lowest BCUT2D eigenvalue weighted by atomic mass is 10.4. The van der Waals surface area contributed by atoms with Crippen molar-refractivity contribution >= 4 is 0 Å². The first-order valence-corrected chi connectivity index (χ1v) is 7.91. The molecule has 0 N–H and O–H groups in total. The van der Waals surface area contributed by atoms with Crippen LogP contribution in [0.3, 0.4) is 0 Å². The molecule has 0 bridgehead atoms. The first-order chi connectivity index (χ1) is 13.1. The van der Waals surface area contributed by atoms with Crippen LogP contribution in [0.2, 0.25) is 0 Å². The number of nitrogens with zero attached hydrogens (tertiary/aromatic N) is 6. The second-order valence-corrected chi connectivity index (χ2v) is 5.56. The Balaban J connectivity index is 1.92. The summed E-state index contributed by atoms with van der Waals surface area (Å²) in [6.45, 7) is 0. The average molecular weight is 360 g/mol. The Hall–Kier alpha value is -4.14. The third kappa shape index (κ3) is 3.47. The zero-order chi connectivity index (χ0) is 18.8. The summed E-state index contributed by atoms with van der Waals surface area (Å²) in [4.78, 5) is 47.3. The van der Waals surface area contributed by atoms with Crippen LogP contribution in [-0.2, 0) is 0 Å². The lowest BCUT2D eigenvalue weighted by molar-refractivity contribution is 0.790. The maximum absolute atomic E-state index is 11.4. The van der Waals surface area contributed by atoms with Gasteiger partial charge in [-0.05, 0) is 0 Å². The van der Waals surface area contributed by atoms with Crippen molar-refractivity contribution in [1.82, 2.24) is 28.7 Å². The summed E-state index contributed by atoms with van der Waals surface area (Å²) in [7, 11) is 0. The molecule has 0 unspecified atom stereocenters. The summed E-state index contributed by atoms with van der Waals surface area (Å²) < 4.78 is 4.71. The van der Waals surface area contributed by atoms with Gasteiger partial charge in [0, 0.05) is 73.6 Å². The van der Waals surface area contributed by atoms with Crippen LogP contribution in [-0.4, -0.2) is 28.7 Å². The smallest absolute Gasteiger partial charge is 0.240 e. The van der Waals surface area contributed by atoms with Gasteiger partial charge in [-0.1, -0.05) is 0 Å². The van der Waals surface area contributed by atoms with E-state index in [1.807, 2.05) is 0 Å². The van der Waals surface area contributed by atoms with Crippen molar-refractivity contribution in [3.63, 3.8) is 0 Å². The third-order valence-corrected chi connectivity index (χ3v) is 3.69. The van der Waals surface area contributed by atoms with Crippen LogP contribution in [0.15, 0.2) is 88.0 Å². The van der Waals surface area contributed by atoms with E-state index < -0.39 is 0 Å². The topological polar surface area (TPSA) is 105 Å². The van der Waals surface area contributed by atoms with Crippen molar-refractivity contribution in [2.24, 2.45) is 0 Å². The van der Waals surface area contributed by atoms with Gasteiger partial charge in [0.25, 0.3) is 0 Å². The third-order valence-electron chi connectivity index (χ3n) is 3.69. The highest BCUT2D eigenvalue weighted by atomic mass is 16.1. The Morgan fingerprint density at radius 3 is 0.889 bits per heavy atom. The lowest BCUT2D eigenvalue weighted by Gasteiger charge is -2.11. The molecule has 0 amide bonds. The van der Waals surface area contributed by atoms with Crippen LogP contribution < -0.4 is 16.3 Å². The molecule has 0 aliphatic heterocycles. The van der Waals surface area contributed by atoms with Crippen LogP contribution in [0.4, 0.5) is 0 Å². The average Bonchev–Trinajstić information content (AvgIpc) is 2.69. The Morgan fingerprint density at radius 2 is 0.667 bits per heavy atom. The predicted octanol–water partition coefficient (Wildman–Crippen LogP) is 0.324. The molecule has 0 aromatic carbocycles. The van der Waals surface area contributed by atoms with Crippen molar-refractivity contribution in [3.8, 4) is 17.8 Å². The van der Waals surface area contributed by atoms with Crippen LogP contribution in [0.25, 0.3) is 17.8 Å². The minimum atomic E-state index is -0.137. The molecule has 9 heteroatoms. The molecule has 132 valence electrons. The monoisotopic (exact) mass is 360 g/mol. The molecule has 27 heavy (non-hydrogen) atoms. The first kappa shape index (κ1) is 16.3. The fourth-order valence-electron chi connectivity index (χ4n) is 2.33. The summed E-state index contributed by atoms with van der Waals surface area (Å²) in [6, 6.07) is 8.34. The molecule has 9 nitrogen and oxygen atoms in total. The number of hydrogen-bond acceptors (Lipinski definition) is 6. The number of hydrogen-bond donors (Lipinski definition) is 0. The number of pyridine rings is 3. The van der Waals surface area contributed by atoms with Gasteiger partial charge in [-0.3, -0.25) is 28.1 Å². The molecule has 0 aliphatic carbocycles. The van der Waals surface area contributed by atoms with E-state index in [-0.39, 0.29) is 34.1 Å². The van der Waals surface area contributed by atoms with Gasteiger partial charge in [0.2, 0.25) is 17.8 Å². The molecular formula is C18H12N6O3. The van der Waals surface area contributed by atoms with Gasteiger partial charge >= 0.3 is 0 Å². The summed E-state index contributed by atoms with van der Waals surface area (Å²) in [5.41, 5.74) is -0.412. The van der Waals surface area contributed by atoms with Crippen molar-refractivity contribution < 1.29 is 0 Å². The van der Waals surface area contributed by atoms with E-state index in [0.29, 0.717) is 0 Å². The summed E-state index contributed by atoms with van der Waals surface area (Å²) in [5, 5.41) is 0. The van der Waals surface area contributed by atoms with E-state index >= 15 is 0 Å². The molecule has 0 aliphatic rings. The molecule has 4 heterocycles. The van der Waals surface area contributed by atoms with E-state index in [9.17, 15) is 14.4 Å². The Morgan fingerprint density at radius 1 is 0.444 bits per heavy atom. The molecule has 0 saturated carbocycles. The van der Waals surface area contributed by atoms with Crippen molar-refractivity contribution in [3.05, 3.63) is 104 Å². The van der Waals surface area contributed by atoms with Gasteiger partial charge in [0.05, 0.1) is 0 Å². The van der Waals surface area contributed by atoms with Crippen molar-refractivity contribution in [1.29, 1.82) is 0 Å². The number of rotatable bonds is 3. The Labute approximate surface area is 151 Å². The minimum Gasteiger partial charge on any atom is -0.292 e. The van der Waals surface area contributed by atoms with Crippen LogP contribution in [0.1, 0.15) is 0 Å². The maximum atomic E-state index is 11.4. The van der Waals surface area contributed by atoms with E-state index in [2.05, 4.69) is 15.0 Å². The minimum absolute atomic E-state index is 0.137. The van der Waals surface area contributed by atoms with Gasteiger partial charge in [-0.2, -0.15) is 15.0 Å². The standard InChI is InChI=1S/C18H12N6O3/c25-13-1-7-22(8-2-13)16-19-17(23-9-3-14(26)4-10-23)21-18(20-16)24-11-5-15(27)6-12-24/h1-12H. The van der Waals surface area contributed by atoms with Gasteiger partial charge in [-0.15, -0.1) is 0 Å². The molecule has 4 aromatic heterocycles. The van der Waals surface area contributed by atoms with E-state index in [0.717, 1.165) is 0 Å². The molecule has 4 rings (SSSR count). The lowest BCUT2D eigenvalue weighted by Crippen LogP contribution is -2.15. The van der Waals surface area contributed by atoms with Gasteiger partial charge in [0.1, 0.15) is 0 Å². The van der Waals surface area contributed by atoms with Gasteiger partial charge in [0.15, 0.2) is 16.3 Å². The molecule has 0 radical (unpaired) electrons. The van der Waals surface area contributed by atoms with E-state index in [1.165, 1.54) is 36.4 Å². The van der Waals surface area contributed by atoms with Crippen LogP contribution >= 0.6 is 0 Å². The summed E-state index contributed by atoms with van der Waals surface area (Å²) in [6.07, 6.45) is 9.26. The molecule has 0 saturated heterocycles. The van der Waals surface area contributed by atoms with Crippen molar-refractivity contribution in [2.45, 2.75) is 0 Å². The molecule has 0 atom stereocenters.